The normalized spacial score (nSPS) is 32.5. The second-order valence-electron chi connectivity index (χ2n) is 9.70. The SMILES string of the molecule is CC1CCC2(CC1)NC(=O)N(CN1CCC(C(=O)N3CCCCCC3)CC1)C2=O. The molecule has 4 fully saturated rings. The maximum Gasteiger partial charge on any atom is 0.326 e. The summed E-state index contributed by atoms with van der Waals surface area (Å²) in [5.74, 6) is 0.993. The van der Waals surface area contributed by atoms with E-state index in [0.717, 1.165) is 77.5 Å². The molecule has 0 bridgehead atoms. The van der Waals surface area contributed by atoms with E-state index >= 15 is 0 Å². The summed E-state index contributed by atoms with van der Waals surface area (Å²) >= 11 is 0. The van der Waals surface area contributed by atoms with Crippen LogP contribution in [0.15, 0.2) is 0 Å². The molecule has 7 nitrogen and oxygen atoms in total. The first kappa shape index (κ1) is 20.6. The van der Waals surface area contributed by atoms with Crippen LogP contribution in [0.2, 0.25) is 0 Å². The highest BCUT2D eigenvalue weighted by Crippen LogP contribution is 2.36. The maximum absolute atomic E-state index is 13.0. The molecule has 3 saturated heterocycles. The Morgan fingerprint density at radius 2 is 1.59 bits per heavy atom. The molecule has 0 aromatic heterocycles. The van der Waals surface area contributed by atoms with Gasteiger partial charge in [0.05, 0.1) is 6.67 Å². The highest BCUT2D eigenvalue weighted by molar-refractivity contribution is 6.07. The Balaban J connectivity index is 1.29. The van der Waals surface area contributed by atoms with Crippen molar-refractivity contribution in [3.8, 4) is 0 Å². The van der Waals surface area contributed by atoms with Gasteiger partial charge in [0.25, 0.3) is 5.91 Å². The number of carbonyl (C=O) groups is 3. The number of nitrogens with one attached hydrogen (secondary N) is 1. The Kier molecular flexibility index (Phi) is 6.13. The van der Waals surface area contributed by atoms with E-state index in [2.05, 4.69) is 22.0 Å². The first-order valence-corrected chi connectivity index (χ1v) is 11.6. The van der Waals surface area contributed by atoms with Crippen LogP contribution in [0.25, 0.3) is 0 Å². The fourth-order valence-corrected chi connectivity index (χ4v) is 5.47. The minimum Gasteiger partial charge on any atom is -0.342 e. The van der Waals surface area contributed by atoms with Crippen molar-refractivity contribution in [3.05, 3.63) is 0 Å². The summed E-state index contributed by atoms with van der Waals surface area (Å²) < 4.78 is 0. The standard InChI is InChI=1S/C22H36N4O3/c1-17-6-10-22(11-7-17)20(28)26(21(29)23-22)16-24-14-8-18(9-15-24)19(27)25-12-4-2-3-5-13-25/h17-18H,2-16H2,1H3,(H,23,29). The van der Waals surface area contributed by atoms with Crippen LogP contribution in [-0.4, -0.2) is 70.9 Å². The predicted molar refractivity (Wildman–Crippen MR) is 110 cm³/mol. The molecular weight excluding hydrogens is 368 g/mol. The number of carbonyl (C=O) groups excluding carboxylic acids is 3. The van der Waals surface area contributed by atoms with Crippen LogP contribution in [0.5, 0.6) is 0 Å². The zero-order chi connectivity index (χ0) is 20.4. The average Bonchev–Trinajstić information content (AvgIpc) is 2.93. The van der Waals surface area contributed by atoms with Gasteiger partial charge in [0, 0.05) is 32.1 Å². The van der Waals surface area contributed by atoms with E-state index in [0.29, 0.717) is 18.5 Å². The average molecular weight is 405 g/mol. The van der Waals surface area contributed by atoms with Crippen LogP contribution in [0.4, 0.5) is 4.79 Å². The van der Waals surface area contributed by atoms with Crippen molar-refractivity contribution in [2.45, 2.75) is 76.7 Å². The van der Waals surface area contributed by atoms with Crippen LogP contribution in [0.1, 0.15) is 71.1 Å². The summed E-state index contributed by atoms with van der Waals surface area (Å²) in [5, 5.41) is 3.01. The van der Waals surface area contributed by atoms with Gasteiger partial charge in [-0.2, -0.15) is 0 Å². The summed E-state index contributed by atoms with van der Waals surface area (Å²) in [4.78, 5) is 44.1. The van der Waals surface area contributed by atoms with Gasteiger partial charge < -0.3 is 10.2 Å². The first-order chi connectivity index (χ1) is 14.0. The van der Waals surface area contributed by atoms with E-state index < -0.39 is 5.54 Å². The summed E-state index contributed by atoms with van der Waals surface area (Å²) in [6.07, 6.45) is 9.83. The lowest BCUT2D eigenvalue weighted by atomic mass is 9.77. The van der Waals surface area contributed by atoms with Crippen LogP contribution < -0.4 is 5.32 Å². The minimum absolute atomic E-state index is 0.0443. The van der Waals surface area contributed by atoms with Gasteiger partial charge in [-0.3, -0.25) is 14.5 Å². The molecule has 1 aliphatic carbocycles. The second-order valence-corrected chi connectivity index (χ2v) is 9.70. The number of nitrogens with zero attached hydrogens (tertiary/aromatic N) is 3. The summed E-state index contributed by atoms with van der Waals surface area (Å²) in [6.45, 7) is 5.91. The molecule has 0 atom stereocenters. The third kappa shape index (κ3) is 4.30. The molecule has 0 aromatic rings. The quantitative estimate of drug-likeness (QED) is 0.734. The molecule has 29 heavy (non-hydrogen) atoms. The zero-order valence-electron chi connectivity index (χ0n) is 17.8. The Labute approximate surface area is 174 Å². The Bertz CT molecular complexity index is 628. The molecule has 1 spiro atoms. The highest BCUT2D eigenvalue weighted by Gasteiger charge is 2.52. The molecular formula is C22H36N4O3. The number of amides is 4. The van der Waals surface area contributed by atoms with Gasteiger partial charge in [-0.25, -0.2) is 9.69 Å². The third-order valence-electron chi connectivity index (χ3n) is 7.57. The molecule has 0 unspecified atom stereocenters. The van der Waals surface area contributed by atoms with Crippen LogP contribution in [0.3, 0.4) is 0 Å². The predicted octanol–water partition coefficient (Wildman–Crippen LogP) is 2.56. The molecule has 7 heteroatoms. The minimum atomic E-state index is -0.662. The smallest absolute Gasteiger partial charge is 0.326 e. The van der Waals surface area contributed by atoms with Crippen molar-refractivity contribution >= 4 is 17.8 Å². The number of hydrogen-bond acceptors (Lipinski definition) is 4. The van der Waals surface area contributed by atoms with E-state index in [4.69, 9.17) is 0 Å². The van der Waals surface area contributed by atoms with Crippen molar-refractivity contribution < 1.29 is 14.4 Å². The lowest BCUT2D eigenvalue weighted by Gasteiger charge is -2.36. The Hall–Kier alpha value is -1.63. The highest BCUT2D eigenvalue weighted by atomic mass is 16.2. The number of urea groups is 1. The molecule has 3 heterocycles. The van der Waals surface area contributed by atoms with Crippen molar-refractivity contribution in [3.63, 3.8) is 0 Å². The van der Waals surface area contributed by atoms with Crippen molar-refractivity contribution in [1.82, 2.24) is 20.0 Å². The Morgan fingerprint density at radius 3 is 2.21 bits per heavy atom. The van der Waals surface area contributed by atoms with Gasteiger partial charge in [-0.1, -0.05) is 19.8 Å². The molecule has 1 N–H and O–H groups in total. The second kappa shape index (κ2) is 8.62. The number of hydrogen-bond donors (Lipinski definition) is 1. The van der Waals surface area contributed by atoms with Crippen LogP contribution in [0, 0.1) is 11.8 Å². The molecule has 3 aliphatic heterocycles. The van der Waals surface area contributed by atoms with Gasteiger partial charge in [0.2, 0.25) is 5.91 Å². The van der Waals surface area contributed by atoms with E-state index in [1.807, 2.05) is 0 Å². The number of piperidine rings is 1. The van der Waals surface area contributed by atoms with Gasteiger partial charge >= 0.3 is 6.03 Å². The van der Waals surface area contributed by atoms with Crippen molar-refractivity contribution in [2.24, 2.45) is 11.8 Å². The van der Waals surface area contributed by atoms with Crippen LogP contribution in [-0.2, 0) is 9.59 Å². The van der Waals surface area contributed by atoms with E-state index in [-0.39, 0.29) is 17.9 Å². The molecule has 162 valence electrons. The monoisotopic (exact) mass is 404 g/mol. The molecule has 1 saturated carbocycles. The van der Waals surface area contributed by atoms with Crippen LogP contribution >= 0.6 is 0 Å². The van der Waals surface area contributed by atoms with Crippen molar-refractivity contribution in [1.29, 1.82) is 0 Å². The number of imide groups is 1. The topological polar surface area (TPSA) is 73.0 Å². The summed E-state index contributed by atoms with van der Waals surface area (Å²) in [6, 6.07) is -0.243. The molecule has 4 amide bonds. The molecule has 0 aromatic carbocycles. The maximum atomic E-state index is 13.0. The van der Waals surface area contributed by atoms with E-state index in [9.17, 15) is 14.4 Å². The molecule has 4 rings (SSSR count). The van der Waals surface area contributed by atoms with Gasteiger partial charge in [-0.15, -0.1) is 0 Å². The van der Waals surface area contributed by atoms with Gasteiger partial charge in [0.15, 0.2) is 0 Å². The largest absolute Gasteiger partial charge is 0.342 e. The van der Waals surface area contributed by atoms with E-state index in [1.54, 1.807) is 0 Å². The van der Waals surface area contributed by atoms with Gasteiger partial charge in [-0.05, 0) is 57.3 Å². The number of likely N-dealkylation sites (tertiary alicyclic amines) is 2. The zero-order valence-corrected chi connectivity index (χ0v) is 17.8. The first-order valence-electron chi connectivity index (χ1n) is 11.6. The fraction of sp³-hybridized carbons (Fsp3) is 0.864. The van der Waals surface area contributed by atoms with Crippen molar-refractivity contribution in [2.75, 3.05) is 32.8 Å². The lowest BCUT2D eigenvalue weighted by Crippen LogP contribution is -2.50. The summed E-state index contributed by atoms with van der Waals surface area (Å²) in [5.41, 5.74) is -0.662. The lowest BCUT2D eigenvalue weighted by molar-refractivity contribution is -0.138. The van der Waals surface area contributed by atoms with Gasteiger partial charge in [0.1, 0.15) is 5.54 Å². The molecule has 4 aliphatic rings. The summed E-state index contributed by atoms with van der Waals surface area (Å²) in [7, 11) is 0. The van der Waals surface area contributed by atoms with E-state index in [1.165, 1.54) is 17.7 Å². The molecule has 0 radical (unpaired) electrons. The third-order valence-corrected chi connectivity index (χ3v) is 7.57. The Morgan fingerprint density at radius 1 is 0.966 bits per heavy atom. The fourth-order valence-electron chi connectivity index (χ4n) is 5.47. The number of rotatable bonds is 3.